The van der Waals surface area contributed by atoms with E-state index in [1.54, 1.807) is 41.3 Å². The summed E-state index contributed by atoms with van der Waals surface area (Å²) < 4.78 is 10.5. The topological polar surface area (TPSA) is 127 Å². The predicted molar refractivity (Wildman–Crippen MR) is 152 cm³/mol. The number of fused-ring (bicyclic) bond motifs is 1. The van der Waals surface area contributed by atoms with E-state index in [-0.39, 0.29) is 24.4 Å². The summed E-state index contributed by atoms with van der Waals surface area (Å²) >= 11 is 2.48. The first-order chi connectivity index (χ1) is 19.4. The number of aromatic nitrogens is 1. The number of aryl methyl sites for hydroxylation is 1. The van der Waals surface area contributed by atoms with Gasteiger partial charge in [-0.3, -0.25) is 24.5 Å². The molecule has 0 spiro atoms. The largest absolute Gasteiger partial charge is 0.493 e. The predicted octanol–water partition coefficient (Wildman–Crippen LogP) is 3.30. The maximum Gasteiger partial charge on any atom is 0.301 e. The number of carbonyl (C=O) groups excluding carboxylic acids is 4. The maximum atomic E-state index is 13.0. The first-order valence-electron chi connectivity index (χ1n) is 12.7. The van der Waals surface area contributed by atoms with Gasteiger partial charge in [-0.1, -0.05) is 23.9 Å². The number of anilines is 1. The van der Waals surface area contributed by atoms with E-state index in [2.05, 4.69) is 15.6 Å². The van der Waals surface area contributed by atoms with Gasteiger partial charge in [0.25, 0.3) is 16.9 Å². The Morgan fingerprint density at radius 2 is 1.85 bits per heavy atom. The fourth-order valence-corrected chi connectivity index (χ4v) is 6.58. The molecule has 5 rings (SSSR count). The van der Waals surface area contributed by atoms with Gasteiger partial charge in [0, 0.05) is 47.3 Å². The summed E-state index contributed by atoms with van der Waals surface area (Å²) in [4.78, 5) is 57.2. The second kappa shape index (κ2) is 12.1. The van der Waals surface area contributed by atoms with Gasteiger partial charge in [0.15, 0.2) is 16.6 Å². The fraction of sp³-hybridized carbons (Fsp3) is 0.321. The summed E-state index contributed by atoms with van der Waals surface area (Å²) in [6.07, 6.45) is 2.05. The third-order valence-corrected chi connectivity index (χ3v) is 8.72. The Bertz CT molecular complexity index is 1470. The standard InChI is InChI=1S/C28H28N4O6S2/c1-37-21-9-6-18(13-22(21)38-2)24(33)29-15-16-4-3-5-17(12-16)25(34)31-28-30-20-8-7-19(14-23(20)40-28)32-10-11-39-27(36)26(32)35/h3-6,9,12-13,19H,7-8,10-11,14-15H2,1-2H3,(H,29,33)(H,30,31,34)/t19-/m0/s1. The van der Waals surface area contributed by atoms with Crippen LogP contribution >= 0.6 is 23.1 Å². The average molecular weight is 581 g/mol. The molecule has 0 saturated carbocycles. The highest BCUT2D eigenvalue weighted by Crippen LogP contribution is 2.33. The van der Waals surface area contributed by atoms with Crippen molar-refractivity contribution >= 4 is 51.1 Å². The molecule has 208 valence electrons. The highest BCUT2D eigenvalue weighted by molar-refractivity contribution is 8.15. The van der Waals surface area contributed by atoms with Gasteiger partial charge in [-0.15, -0.1) is 11.3 Å². The molecule has 2 heterocycles. The molecule has 40 heavy (non-hydrogen) atoms. The number of thioether (sulfide) groups is 1. The SMILES string of the molecule is COc1ccc(C(=O)NCc2cccc(C(=O)Nc3nc4c(s3)C[C@@H](N3CCSC(=O)C3=O)CC4)c2)cc1OC. The Kier molecular flexibility index (Phi) is 8.36. The van der Waals surface area contributed by atoms with Crippen molar-refractivity contribution in [3.63, 3.8) is 0 Å². The number of carbonyl (C=O) groups is 4. The van der Waals surface area contributed by atoms with E-state index in [0.717, 1.165) is 34.3 Å². The highest BCUT2D eigenvalue weighted by atomic mass is 32.2. The van der Waals surface area contributed by atoms with Crippen molar-refractivity contribution in [2.75, 3.05) is 31.8 Å². The quantitative estimate of drug-likeness (QED) is 0.389. The van der Waals surface area contributed by atoms with Gasteiger partial charge in [0.1, 0.15) is 0 Å². The molecule has 2 aromatic carbocycles. The van der Waals surface area contributed by atoms with Crippen LogP contribution in [0.2, 0.25) is 0 Å². The van der Waals surface area contributed by atoms with Crippen LogP contribution in [0, 0.1) is 0 Å². The normalized spacial score (nSPS) is 16.8. The van der Waals surface area contributed by atoms with Crippen molar-refractivity contribution in [1.29, 1.82) is 0 Å². The summed E-state index contributed by atoms with van der Waals surface area (Å²) in [6, 6.07) is 11.9. The molecule has 3 amide bonds. The first-order valence-corrected chi connectivity index (χ1v) is 14.5. The van der Waals surface area contributed by atoms with Gasteiger partial charge in [-0.25, -0.2) is 4.98 Å². The minimum atomic E-state index is -0.414. The number of hydrogen-bond acceptors (Lipinski definition) is 9. The lowest BCUT2D eigenvalue weighted by Crippen LogP contribution is -2.49. The number of nitrogens with one attached hydrogen (secondary N) is 2. The molecule has 0 unspecified atom stereocenters. The first kappa shape index (κ1) is 27.7. The number of methoxy groups -OCH3 is 2. The second-order valence-electron chi connectivity index (χ2n) is 9.33. The molecule has 10 nitrogen and oxygen atoms in total. The molecule has 1 aromatic heterocycles. The number of benzene rings is 2. The zero-order valence-electron chi connectivity index (χ0n) is 22.0. The van der Waals surface area contributed by atoms with Crippen molar-refractivity contribution in [3.8, 4) is 11.5 Å². The summed E-state index contributed by atoms with van der Waals surface area (Å²) in [5.41, 5.74) is 2.56. The third kappa shape index (κ3) is 5.97. The van der Waals surface area contributed by atoms with Crippen LogP contribution in [0.4, 0.5) is 5.13 Å². The van der Waals surface area contributed by atoms with Gasteiger partial charge < -0.3 is 19.7 Å². The molecule has 1 aliphatic carbocycles. The van der Waals surface area contributed by atoms with E-state index in [1.165, 1.54) is 25.6 Å². The minimum absolute atomic E-state index is 0.0280. The smallest absolute Gasteiger partial charge is 0.301 e. The summed E-state index contributed by atoms with van der Waals surface area (Å²) in [5.74, 6) is 0.620. The van der Waals surface area contributed by atoms with Crippen LogP contribution in [0.1, 0.15) is 43.3 Å². The van der Waals surface area contributed by atoms with Crippen LogP contribution in [0.3, 0.4) is 0 Å². The van der Waals surface area contributed by atoms with Gasteiger partial charge in [-0.05, 0) is 48.7 Å². The van der Waals surface area contributed by atoms with E-state index in [0.29, 0.717) is 52.9 Å². The molecule has 3 aromatic rings. The van der Waals surface area contributed by atoms with Crippen LogP contribution in [-0.2, 0) is 29.0 Å². The fourth-order valence-electron chi connectivity index (χ4n) is 4.80. The molecular formula is C28H28N4O6S2. The minimum Gasteiger partial charge on any atom is -0.493 e. The van der Waals surface area contributed by atoms with Crippen molar-refractivity contribution in [2.45, 2.75) is 31.8 Å². The van der Waals surface area contributed by atoms with E-state index < -0.39 is 11.0 Å². The van der Waals surface area contributed by atoms with Gasteiger partial charge in [0.05, 0.1) is 19.9 Å². The van der Waals surface area contributed by atoms with Crippen molar-refractivity contribution in [2.24, 2.45) is 0 Å². The van der Waals surface area contributed by atoms with Crippen LogP contribution in [0.25, 0.3) is 0 Å². The lowest BCUT2D eigenvalue weighted by atomic mass is 9.96. The van der Waals surface area contributed by atoms with Crippen molar-refractivity contribution in [3.05, 3.63) is 69.7 Å². The van der Waals surface area contributed by atoms with E-state index in [1.807, 2.05) is 6.07 Å². The number of ether oxygens (including phenoxy) is 2. The number of hydrogen-bond donors (Lipinski definition) is 2. The van der Waals surface area contributed by atoms with E-state index in [4.69, 9.17) is 9.47 Å². The zero-order chi connectivity index (χ0) is 28.2. The molecule has 2 aliphatic rings. The van der Waals surface area contributed by atoms with Gasteiger partial charge >= 0.3 is 5.91 Å². The van der Waals surface area contributed by atoms with Gasteiger partial charge in [-0.2, -0.15) is 0 Å². The Morgan fingerprint density at radius 1 is 1.05 bits per heavy atom. The summed E-state index contributed by atoms with van der Waals surface area (Å²) in [6.45, 7) is 0.806. The van der Waals surface area contributed by atoms with Crippen LogP contribution in [0.15, 0.2) is 42.5 Å². The molecule has 1 atom stereocenters. The number of amides is 3. The summed E-state index contributed by atoms with van der Waals surface area (Å²) in [7, 11) is 3.04. The Hall–Kier alpha value is -3.90. The second-order valence-corrected chi connectivity index (χ2v) is 11.5. The van der Waals surface area contributed by atoms with Gasteiger partial charge in [0.2, 0.25) is 0 Å². The molecule has 1 aliphatic heterocycles. The van der Waals surface area contributed by atoms with E-state index >= 15 is 0 Å². The molecule has 2 N–H and O–H groups in total. The van der Waals surface area contributed by atoms with Crippen molar-refractivity contribution < 1.29 is 28.7 Å². The maximum absolute atomic E-state index is 13.0. The monoisotopic (exact) mass is 580 g/mol. The average Bonchev–Trinajstić information content (AvgIpc) is 3.38. The lowest BCUT2D eigenvalue weighted by molar-refractivity contribution is -0.142. The zero-order valence-corrected chi connectivity index (χ0v) is 23.7. The molecule has 0 radical (unpaired) electrons. The molecule has 12 heteroatoms. The third-order valence-electron chi connectivity index (χ3n) is 6.86. The van der Waals surface area contributed by atoms with Crippen LogP contribution < -0.4 is 20.1 Å². The number of nitrogens with zero attached hydrogens (tertiary/aromatic N) is 2. The van der Waals surface area contributed by atoms with Crippen LogP contribution in [0.5, 0.6) is 11.5 Å². The lowest BCUT2D eigenvalue weighted by Gasteiger charge is -2.35. The molecule has 1 fully saturated rings. The highest BCUT2D eigenvalue weighted by Gasteiger charge is 2.35. The molecular weight excluding hydrogens is 552 g/mol. The Labute approximate surface area is 239 Å². The Morgan fingerprint density at radius 3 is 2.65 bits per heavy atom. The Balaban J connectivity index is 1.19. The number of rotatable bonds is 8. The van der Waals surface area contributed by atoms with E-state index in [9.17, 15) is 19.2 Å². The molecule has 1 saturated heterocycles. The van der Waals surface area contributed by atoms with Crippen LogP contribution in [-0.4, -0.2) is 65.3 Å². The summed E-state index contributed by atoms with van der Waals surface area (Å²) in [5, 5.41) is 5.85. The molecule has 0 bridgehead atoms. The van der Waals surface area contributed by atoms with Crippen molar-refractivity contribution in [1.82, 2.24) is 15.2 Å². The number of thiazole rings is 1.